The van der Waals surface area contributed by atoms with Crippen LogP contribution >= 0.6 is 11.6 Å². The van der Waals surface area contributed by atoms with Gasteiger partial charge in [0.05, 0.1) is 5.75 Å². The second kappa shape index (κ2) is 6.06. The number of halogens is 1. The van der Waals surface area contributed by atoms with E-state index in [0.717, 1.165) is 19.5 Å². The summed E-state index contributed by atoms with van der Waals surface area (Å²) in [6, 6.07) is 0. The third-order valence-corrected chi connectivity index (χ3v) is 5.09. The summed E-state index contributed by atoms with van der Waals surface area (Å²) in [4.78, 5) is 2.21. The average molecular weight is 254 g/mol. The van der Waals surface area contributed by atoms with Crippen molar-refractivity contribution in [3.63, 3.8) is 0 Å². The highest BCUT2D eigenvalue weighted by Gasteiger charge is 2.22. The summed E-state index contributed by atoms with van der Waals surface area (Å²) in [5.74, 6) is 1.87. The van der Waals surface area contributed by atoms with E-state index in [2.05, 4.69) is 4.90 Å². The van der Waals surface area contributed by atoms with E-state index in [4.69, 9.17) is 11.6 Å². The lowest BCUT2D eigenvalue weighted by atomic mass is 10.2. The summed E-state index contributed by atoms with van der Waals surface area (Å²) in [7, 11) is -2.82. The van der Waals surface area contributed by atoms with Crippen LogP contribution in [0.15, 0.2) is 0 Å². The van der Waals surface area contributed by atoms with Crippen molar-refractivity contribution in [2.75, 3.05) is 37.0 Å². The Morgan fingerprint density at radius 1 is 1.40 bits per heavy atom. The highest BCUT2D eigenvalue weighted by Crippen LogP contribution is 2.17. The molecule has 1 saturated heterocycles. The van der Waals surface area contributed by atoms with Crippen LogP contribution in [0.2, 0.25) is 0 Å². The van der Waals surface area contributed by atoms with Crippen molar-refractivity contribution in [3.8, 4) is 0 Å². The number of rotatable bonds is 6. The molecule has 1 unspecified atom stereocenters. The summed E-state index contributed by atoms with van der Waals surface area (Å²) in [6.45, 7) is 4.54. The van der Waals surface area contributed by atoms with Gasteiger partial charge in [-0.1, -0.05) is 6.92 Å². The fourth-order valence-electron chi connectivity index (χ4n) is 1.92. The predicted molar refractivity (Wildman–Crippen MR) is 64.2 cm³/mol. The predicted octanol–water partition coefficient (Wildman–Crippen LogP) is 1.37. The van der Waals surface area contributed by atoms with Crippen molar-refractivity contribution in [2.24, 2.45) is 5.92 Å². The molecular weight excluding hydrogens is 234 g/mol. The summed E-state index contributed by atoms with van der Waals surface area (Å²) in [5, 5.41) is 0. The number of hydrogen-bond donors (Lipinski definition) is 0. The van der Waals surface area contributed by atoms with Gasteiger partial charge in [0.25, 0.3) is 0 Å². The zero-order chi connectivity index (χ0) is 11.3. The lowest BCUT2D eigenvalue weighted by Crippen LogP contribution is -2.28. The smallest absolute Gasteiger partial charge is 0.151 e. The summed E-state index contributed by atoms with van der Waals surface area (Å²) in [6.07, 6.45) is 1.82. The van der Waals surface area contributed by atoms with Gasteiger partial charge in [-0.2, -0.15) is 0 Å². The summed E-state index contributed by atoms with van der Waals surface area (Å²) in [5.41, 5.74) is 0. The normalized spacial score (nSPS) is 23.5. The molecule has 0 aromatic carbocycles. The van der Waals surface area contributed by atoms with E-state index in [0.29, 0.717) is 36.3 Å². The van der Waals surface area contributed by atoms with Gasteiger partial charge >= 0.3 is 0 Å². The highest BCUT2D eigenvalue weighted by molar-refractivity contribution is 7.91. The van der Waals surface area contributed by atoms with Crippen LogP contribution < -0.4 is 0 Å². The monoisotopic (exact) mass is 253 g/mol. The van der Waals surface area contributed by atoms with Gasteiger partial charge in [0.2, 0.25) is 0 Å². The Balaban J connectivity index is 2.26. The van der Waals surface area contributed by atoms with Crippen molar-refractivity contribution in [3.05, 3.63) is 0 Å². The first-order chi connectivity index (χ1) is 7.07. The zero-order valence-corrected chi connectivity index (χ0v) is 10.9. The van der Waals surface area contributed by atoms with Gasteiger partial charge in [0.15, 0.2) is 9.84 Å². The van der Waals surface area contributed by atoms with Gasteiger partial charge < -0.3 is 4.90 Å². The first-order valence-corrected chi connectivity index (χ1v) is 7.91. The summed E-state index contributed by atoms with van der Waals surface area (Å²) >= 11 is 5.77. The molecule has 1 aliphatic rings. The molecule has 0 aromatic rings. The Bertz CT molecular complexity index is 279. The van der Waals surface area contributed by atoms with Gasteiger partial charge in [-0.25, -0.2) is 8.42 Å². The van der Waals surface area contributed by atoms with E-state index in [1.165, 1.54) is 0 Å². The second-order valence-corrected chi connectivity index (χ2v) is 6.87. The molecule has 0 aliphatic carbocycles. The molecule has 1 fully saturated rings. The SMILES string of the molecule is CCCS(=O)(=O)CCN1CCC(CCl)C1. The summed E-state index contributed by atoms with van der Waals surface area (Å²) < 4.78 is 23.0. The Kier molecular flexibility index (Phi) is 5.36. The molecular formula is C10H20ClNO2S. The average Bonchev–Trinajstić information content (AvgIpc) is 2.62. The topological polar surface area (TPSA) is 37.4 Å². The molecule has 90 valence electrons. The van der Waals surface area contributed by atoms with Crippen molar-refractivity contribution < 1.29 is 8.42 Å². The fourth-order valence-corrected chi connectivity index (χ4v) is 3.54. The number of likely N-dealkylation sites (tertiary alicyclic amines) is 1. The van der Waals surface area contributed by atoms with Crippen molar-refractivity contribution in [1.82, 2.24) is 4.90 Å². The molecule has 1 heterocycles. The molecule has 0 amide bonds. The number of sulfone groups is 1. The number of alkyl halides is 1. The fraction of sp³-hybridized carbons (Fsp3) is 1.00. The van der Waals surface area contributed by atoms with Crippen LogP contribution in [0.4, 0.5) is 0 Å². The zero-order valence-electron chi connectivity index (χ0n) is 9.28. The van der Waals surface area contributed by atoms with Crippen LogP contribution in [-0.2, 0) is 9.84 Å². The first kappa shape index (κ1) is 13.3. The van der Waals surface area contributed by atoms with E-state index >= 15 is 0 Å². The molecule has 1 aliphatic heterocycles. The minimum atomic E-state index is -2.82. The number of nitrogens with zero attached hydrogens (tertiary/aromatic N) is 1. The van der Waals surface area contributed by atoms with Gasteiger partial charge in [0, 0.05) is 24.7 Å². The molecule has 1 rings (SSSR count). The third kappa shape index (κ3) is 4.70. The van der Waals surface area contributed by atoms with Gasteiger partial charge in [0.1, 0.15) is 0 Å². The molecule has 3 nitrogen and oxygen atoms in total. The van der Waals surface area contributed by atoms with E-state index in [1.807, 2.05) is 6.92 Å². The molecule has 5 heteroatoms. The van der Waals surface area contributed by atoms with Gasteiger partial charge in [-0.3, -0.25) is 0 Å². The Morgan fingerprint density at radius 2 is 2.13 bits per heavy atom. The highest BCUT2D eigenvalue weighted by atomic mass is 35.5. The molecule has 0 saturated carbocycles. The first-order valence-electron chi connectivity index (χ1n) is 5.56. The molecule has 0 radical (unpaired) electrons. The van der Waals surface area contributed by atoms with E-state index < -0.39 is 9.84 Å². The van der Waals surface area contributed by atoms with Crippen LogP contribution in [0, 0.1) is 5.92 Å². The van der Waals surface area contributed by atoms with Crippen LogP contribution in [0.3, 0.4) is 0 Å². The minimum absolute atomic E-state index is 0.301. The van der Waals surface area contributed by atoms with Gasteiger partial charge in [-0.15, -0.1) is 11.6 Å². The van der Waals surface area contributed by atoms with Crippen LogP contribution in [-0.4, -0.2) is 50.3 Å². The van der Waals surface area contributed by atoms with Crippen LogP contribution in [0.5, 0.6) is 0 Å². The van der Waals surface area contributed by atoms with Crippen LogP contribution in [0.1, 0.15) is 19.8 Å². The lowest BCUT2D eigenvalue weighted by molar-refractivity contribution is 0.347. The van der Waals surface area contributed by atoms with E-state index in [-0.39, 0.29) is 0 Å². The molecule has 0 spiro atoms. The van der Waals surface area contributed by atoms with Crippen molar-refractivity contribution in [2.45, 2.75) is 19.8 Å². The molecule has 1 atom stereocenters. The lowest BCUT2D eigenvalue weighted by Gasteiger charge is -2.15. The third-order valence-electron chi connectivity index (χ3n) is 2.82. The van der Waals surface area contributed by atoms with Crippen LogP contribution in [0.25, 0.3) is 0 Å². The second-order valence-electron chi connectivity index (χ2n) is 4.26. The maximum Gasteiger partial charge on any atom is 0.151 e. The maximum atomic E-state index is 11.5. The molecule has 0 N–H and O–H groups in total. The molecule has 0 bridgehead atoms. The van der Waals surface area contributed by atoms with Crippen molar-refractivity contribution >= 4 is 21.4 Å². The van der Waals surface area contributed by atoms with E-state index in [1.54, 1.807) is 0 Å². The Hall–Kier alpha value is 0.200. The minimum Gasteiger partial charge on any atom is -0.302 e. The standard InChI is InChI=1S/C10H20ClNO2S/c1-2-6-15(13,14)7-5-12-4-3-10(8-11)9-12/h10H,2-9H2,1H3. The largest absolute Gasteiger partial charge is 0.302 e. The Labute approximate surface area is 97.7 Å². The van der Waals surface area contributed by atoms with Crippen molar-refractivity contribution in [1.29, 1.82) is 0 Å². The maximum absolute atomic E-state index is 11.5. The quantitative estimate of drug-likeness (QED) is 0.671. The molecule has 0 aromatic heterocycles. The number of hydrogen-bond acceptors (Lipinski definition) is 3. The Morgan fingerprint density at radius 3 is 2.67 bits per heavy atom. The van der Waals surface area contributed by atoms with Gasteiger partial charge in [-0.05, 0) is 25.3 Å². The molecule has 15 heavy (non-hydrogen) atoms. The van der Waals surface area contributed by atoms with E-state index in [9.17, 15) is 8.42 Å².